The molecule has 2 aromatic rings. The molecule has 0 saturated heterocycles. The van der Waals surface area contributed by atoms with E-state index in [0.717, 1.165) is 53.8 Å². The van der Waals surface area contributed by atoms with E-state index in [1.165, 1.54) is 37.5 Å². The molecule has 6 heteroatoms. The van der Waals surface area contributed by atoms with Gasteiger partial charge in [-0.25, -0.2) is 4.98 Å². The van der Waals surface area contributed by atoms with Crippen LogP contribution in [0.25, 0.3) is 11.3 Å². The number of carbonyl (C=O) groups is 2. The molecule has 4 aliphatic rings. The van der Waals surface area contributed by atoms with Crippen molar-refractivity contribution in [2.75, 3.05) is 5.32 Å². The maximum Gasteiger partial charge on any atom is 0.232 e. The highest BCUT2D eigenvalue weighted by Gasteiger charge is 2.54. The van der Waals surface area contributed by atoms with Crippen molar-refractivity contribution in [2.24, 2.45) is 23.2 Å². The van der Waals surface area contributed by atoms with Crippen LogP contribution < -0.4 is 10.6 Å². The second-order valence-corrected chi connectivity index (χ2v) is 10.2. The minimum Gasteiger partial charge on any atom is -0.352 e. The van der Waals surface area contributed by atoms with Gasteiger partial charge >= 0.3 is 0 Å². The van der Waals surface area contributed by atoms with Crippen LogP contribution in [0.2, 0.25) is 0 Å². The van der Waals surface area contributed by atoms with Crippen molar-refractivity contribution in [3.63, 3.8) is 0 Å². The third kappa shape index (κ3) is 3.70. The van der Waals surface area contributed by atoms with Gasteiger partial charge in [-0.05, 0) is 61.8 Å². The van der Waals surface area contributed by atoms with Gasteiger partial charge < -0.3 is 10.6 Å². The smallest absolute Gasteiger partial charge is 0.232 e. The van der Waals surface area contributed by atoms with Gasteiger partial charge in [-0.2, -0.15) is 0 Å². The maximum absolute atomic E-state index is 13.2. The van der Waals surface area contributed by atoms with E-state index < -0.39 is 0 Å². The Bertz CT molecular complexity index is 899. The van der Waals surface area contributed by atoms with Gasteiger partial charge in [0.1, 0.15) is 0 Å². The summed E-state index contributed by atoms with van der Waals surface area (Å²) in [5, 5.41) is 8.65. The molecule has 29 heavy (non-hydrogen) atoms. The lowest BCUT2D eigenvalue weighted by Gasteiger charge is -2.55. The van der Waals surface area contributed by atoms with Gasteiger partial charge in [0.05, 0.1) is 11.1 Å². The summed E-state index contributed by atoms with van der Waals surface area (Å²) in [6.07, 6.45) is 7.22. The number of aromatic nitrogens is 1. The SMILES string of the molecule is CC(=O)NCc1ccc(-c2csc(NC(=O)C34CC5CC(CC(C5)C3)C4)n2)cc1. The molecule has 0 unspecified atom stereocenters. The van der Waals surface area contributed by atoms with Crippen LogP contribution in [0, 0.1) is 23.2 Å². The fraction of sp³-hybridized carbons (Fsp3) is 0.522. The van der Waals surface area contributed by atoms with E-state index in [0.29, 0.717) is 11.7 Å². The molecule has 1 aromatic carbocycles. The van der Waals surface area contributed by atoms with Gasteiger partial charge in [-0.3, -0.25) is 9.59 Å². The molecule has 0 radical (unpaired) electrons. The Morgan fingerprint density at radius 3 is 2.28 bits per heavy atom. The topological polar surface area (TPSA) is 71.1 Å². The second kappa shape index (κ2) is 7.24. The van der Waals surface area contributed by atoms with Crippen LogP contribution in [0.4, 0.5) is 5.13 Å². The molecule has 1 aromatic heterocycles. The van der Waals surface area contributed by atoms with Gasteiger partial charge in [0, 0.05) is 24.4 Å². The summed E-state index contributed by atoms with van der Waals surface area (Å²) in [5.41, 5.74) is 2.80. The van der Waals surface area contributed by atoms with E-state index >= 15 is 0 Å². The molecule has 152 valence electrons. The average Bonchev–Trinajstić information content (AvgIpc) is 3.14. The van der Waals surface area contributed by atoms with E-state index in [-0.39, 0.29) is 17.2 Å². The lowest BCUT2D eigenvalue weighted by Crippen LogP contribution is -2.51. The van der Waals surface area contributed by atoms with Crippen LogP contribution in [-0.2, 0) is 16.1 Å². The third-order valence-electron chi connectivity index (χ3n) is 7.04. The first-order valence-electron chi connectivity index (χ1n) is 10.6. The van der Waals surface area contributed by atoms with E-state index in [1.807, 2.05) is 29.6 Å². The van der Waals surface area contributed by atoms with Crippen LogP contribution in [0.1, 0.15) is 51.0 Å². The van der Waals surface area contributed by atoms with E-state index in [2.05, 4.69) is 15.6 Å². The minimum absolute atomic E-state index is 0.0343. The lowest BCUT2D eigenvalue weighted by atomic mass is 9.49. The summed E-state index contributed by atoms with van der Waals surface area (Å²) < 4.78 is 0. The number of hydrogen-bond acceptors (Lipinski definition) is 4. The summed E-state index contributed by atoms with van der Waals surface area (Å²) in [6, 6.07) is 8.02. The molecular formula is C23H27N3O2S. The van der Waals surface area contributed by atoms with Crippen molar-refractivity contribution < 1.29 is 9.59 Å². The molecule has 2 amide bonds. The zero-order valence-electron chi connectivity index (χ0n) is 16.7. The Labute approximate surface area is 175 Å². The van der Waals surface area contributed by atoms with Crippen molar-refractivity contribution in [3.8, 4) is 11.3 Å². The van der Waals surface area contributed by atoms with Gasteiger partial charge in [0.15, 0.2) is 5.13 Å². The highest BCUT2D eigenvalue weighted by Crippen LogP contribution is 2.60. The summed E-state index contributed by atoms with van der Waals surface area (Å²) in [7, 11) is 0. The summed E-state index contributed by atoms with van der Waals surface area (Å²) >= 11 is 1.50. The van der Waals surface area contributed by atoms with Gasteiger partial charge in [-0.15, -0.1) is 11.3 Å². The Balaban J connectivity index is 1.26. The fourth-order valence-corrected chi connectivity index (χ4v) is 6.82. The molecule has 5 nitrogen and oxygen atoms in total. The van der Waals surface area contributed by atoms with Crippen molar-refractivity contribution in [1.82, 2.24) is 10.3 Å². The number of anilines is 1. The number of rotatable bonds is 5. The summed E-state index contributed by atoms with van der Waals surface area (Å²) in [4.78, 5) is 28.9. The lowest BCUT2D eigenvalue weighted by molar-refractivity contribution is -0.140. The van der Waals surface area contributed by atoms with Crippen LogP contribution in [-0.4, -0.2) is 16.8 Å². The predicted octanol–water partition coefficient (Wildman–Crippen LogP) is 4.60. The van der Waals surface area contributed by atoms with Crippen molar-refractivity contribution in [1.29, 1.82) is 0 Å². The van der Waals surface area contributed by atoms with Crippen LogP contribution in [0.5, 0.6) is 0 Å². The fourth-order valence-electron chi connectivity index (χ4n) is 6.10. The Morgan fingerprint density at radius 2 is 1.69 bits per heavy atom. The molecule has 1 heterocycles. The number of amides is 2. The molecule has 0 spiro atoms. The van der Waals surface area contributed by atoms with Gasteiger partial charge in [0.25, 0.3) is 0 Å². The molecule has 0 atom stereocenters. The first kappa shape index (κ1) is 18.8. The number of carbonyl (C=O) groups excluding carboxylic acids is 2. The van der Waals surface area contributed by atoms with Gasteiger partial charge in [0.2, 0.25) is 11.8 Å². The molecule has 6 rings (SSSR count). The Kier molecular flexibility index (Phi) is 4.69. The minimum atomic E-state index is -0.147. The molecule has 0 aliphatic heterocycles. The van der Waals surface area contributed by atoms with Crippen LogP contribution >= 0.6 is 11.3 Å². The van der Waals surface area contributed by atoms with E-state index in [9.17, 15) is 9.59 Å². The quantitative estimate of drug-likeness (QED) is 0.758. The zero-order valence-corrected chi connectivity index (χ0v) is 17.6. The predicted molar refractivity (Wildman–Crippen MR) is 114 cm³/mol. The van der Waals surface area contributed by atoms with E-state index in [4.69, 9.17) is 0 Å². The van der Waals surface area contributed by atoms with Crippen molar-refractivity contribution >= 4 is 28.3 Å². The molecule has 4 saturated carbocycles. The van der Waals surface area contributed by atoms with E-state index in [1.54, 1.807) is 0 Å². The van der Waals surface area contributed by atoms with Crippen molar-refractivity contribution in [3.05, 3.63) is 35.2 Å². The number of hydrogen-bond donors (Lipinski definition) is 2. The first-order valence-corrected chi connectivity index (χ1v) is 11.5. The maximum atomic E-state index is 13.2. The highest BCUT2D eigenvalue weighted by atomic mass is 32.1. The average molecular weight is 410 g/mol. The third-order valence-corrected chi connectivity index (χ3v) is 7.79. The highest BCUT2D eigenvalue weighted by molar-refractivity contribution is 7.14. The number of nitrogens with one attached hydrogen (secondary N) is 2. The van der Waals surface area contributed by atoms with Crippen LogP contribution in [0.3, 0.4) is 0 Å². The number of thiazole rings is 1. The molecule has 4 fully saturated rings. The zero-order chi connectivity index (χ0) is 20.0. The molecule has 4 bridgehead atoms. The normalized spacial score (nSPS) is 29.6. The Morgan fingerprint density at radius 1 is 1.07 bits per heavy atom. The molecule has 4 aliphatic carbocycles. The second-order valence-electron chi connectivity index (χ2n) is 9.30. The largest absolute Gasteiger partial charge is 0.352 e. The number of nitrogens with zero attached hydrogens (tertiary/aromatic N) is 1. The Hall–Kier alpha value is -2.21. The van der Waals surface area contributed by atoms with Gasteiger partial charge in [-0.1, -0.05) is 24.3 Å². The summed E-state index contributed by atoms with van der Waals surface area (Å²) in [6.45, 7) is 2.04. The number of benzene rings is 1. The van der Waals surface area contributed by atoms with Crippen molar-refractivity contribution in [2.45, 2.75) is 52.0 Å². The first-order chi connectivity index (χ1) is 14.0. The molecular weight excluding hydrogens is 382 g/mol. The monoisotopic (exact) mass is 409 g/mol. The van der Waals surface area contributed by atoms with Crippen LogP contribution in [0.15, 0.2) is 29.6 Å². The molecule has 2 N–H and O–H groups in total. The summed E-state index contributed by atoms with van der Waals surface area (Å²) in [5.74, 6) is 2.44. The standard InChI is InChI=1S/C23H27N3O2S/c1-14(27)24-12-15-2-4-19(5-3-15)20-13-29-22(25-20)26-21(28)23-9-16-6-17(10-23)8-18(7-16)11-23/h2-5,13,16-18H,6-12H2,1H3,(H,24,27)(H,25,26,28).